The van der Waals surface area contributed by atoms with E-state index in [1.807, 2.05) is 6.20 Å². The van der Waals surface area contributed by atoms with Crippen LogP contribution in [0.25, 0.3) is 0 Å². The number of aromatic nitrogens is 2. The summed E-state index contributed by atoms with van der Waals surface area (Å²) in [5.74, 6) is 0.983. The molecule has 1 aromatic heterocycles. The van der Waals surface area contributed by atoms with E-state index in [9.17, 15) is 0 Å². The second-order valence-electron chi connectivity index (χ2n) is 4.76. The SMILES string of the molecule is CCCC(CN)N1CCN(c2cnccn2)CC1. The molecule has 1 unspecified atom stereocenters. The lowest BCUT2D eigenvalue weighted by Crippen LogP contribution is -2.52. The normalized spacial score (nSPS) is 18.9. The molecule has 1 aliphatic heterocycles. The molecule has 2 N–H and O–H groups in total. The Bertz CT molecular complexity index is 334. The van der Waals surface area contributed by atoms with Crippen molar-refractivity contribution in [1.29, 1.82) is 0 Å². The predicted octanol–water partition coefficient (Wildman–Crippen LogP) is 0.726. The summed E-state index contributed by atoms with van der Waals surface area (Å²) in [6.45, 7) is 7.14. The molecule has 100 valence electrons. The molecule has 5 heteroatoms. The summed E-state index contributed by atoms with van der Waals surface area (Å²) in [6, 6.07) is 0.541. The van der Waals surface area contributed by atoms with E-state index in [0.717, 1.165) is 38.5 Å². The van der Waals surface area contributed by atoms with Crippen molar-refractivity contribution in [2.24, 2.45) is 5.73 Å². The molecule has 1 fully saturated rings. The lowest BCUT2D eigenvalue weighted by Gasteiger charge is -2.39. The fraction of sp³-hybridized carbons (Fsp3) is 0.692. The Balaban J connectivity index is 1.88. The van der Waals surface area contributed by atoms with Gasteiger partial charge in [0.25, 0.3) is 0 Å². The van der Waals surface area contributed by atoms with Crippen LogP contribution in [0.5, 0.6) is 0 Å². The van der Waals surface area contributed by atoms with Gasteiger partial charge in [-0.05, 0) is 6.42 Å². The first kappa shape index (κ1) is 13.2. The van der Waals surface area contributed by atoms with Crippen molar-refractivity contribution in [2.75, 3.05) is 37.6 Å². The molecule has 0 aromatic carbocycles. The Morgan fingerprint density at radius 3 is 2.61 bits per heavy atom. The molecule has 0 saturated carbocycles. The second kappa shape index (κ2) is 6.66. The van der Waals surface area contributed by atoms with Gasteiger partial charge in [0, 0.05) is 51.2 Å². The Hall–Kier alpha value is -1.20. The Kier molecular flexibility index (Phi) is 4.90. The maximum Gasteiger partial charge on any atom is 0.147 e. The van der Waals surface area contributed by atoms with Crippen molar-refractivity contribution in [3.8, 4) is 0 Å². The molecular formula is C13H23N5. The summed E-state index contributed by atoms with van der Waals surface area (Å²) in [4.78, 5) is 13.3. The molecule has 2 rings (SSSR count). The van der Waals surface area contributed by atoms with Crippen molar-refractivity contribution < 1.29 is 0 Å². The molecule has 0 aliphatic carbocycles. The molecule has 1 atom stereocenters. The standard InChI is InChI=1S/C13H23N5/c1-2-3-12(10-14)17-6-8-18(9-7-17)13-11-15-4-5-16-13/h4-5,11-12H,2-3,6-10,14H2,1H3. The number of nitrogens with two attached hydrogens (primary N) is 1. The van der Waals surface area contributed by atoms with E-state index in [2.05, 4.69) is 26.7 Å². The fourth-order valence-electron chi connectivity index (χ4n) is 2.55. The Labute approximate surface area is 109 Å². The zero-order valence-corrected chi connectivity index (χ0v) is 11.1. The van der Waals surface area contributed by atoms with Gasteiger partial charge in [-0.15, -0.1) is 0 Å². The van der Waals surface area contributed by atoms with Gasteiger partial charge < -0.3 is 10.6 Å². The first-order valence-electron chi connectivity index (χ1n) is 6.80. The third kappa shape index (κ3) is 3.17. The topological polar surface area (TPSA) is 58.3 Å². The van der Waals surface area contributed by atoms with E-state index in [4.69, 9.17) is 5.73 Å². The number of hydrogen-bond acceptors (Lipinski definition) is 5. The van der Waals surface area contributed by atoms with Crippen LogP contribution < -0.4 is 10.6 Å². The molecular weight excluding hydrogens is 226 g/mol. The Morgan fingerprint density at radius 1 is 1.28 bits per heavy atom. The molecule has 0 radical (unpaired) electrons. The van der Waals surface area contributed by atoms with Crippen molar-refractivity contribution in [3.63, 3.8) is 0 Å². The quantitative estimate of drug-likeness (QED) is 0.833. The largest absolute Gasteiger partial charge is 0.353 e. The van der Waals surface area contributed by atoms with E-state index >= 15 is 0 Å². The molecule has 1 aromatic rings. The van der Waals surface area contributed by atoms with Crippen LogP contribution in [0, 0.1) is 0 Å². The average Bonchev–Trinajstić information content (AvgIpc) is 2.46. The van der Waals surface area contributed by atoms with Gasteiger partial charge in [0.05, 0.1) is 6.20 Å². The molecule has 0 bridgehead atoms. The van der Waals surface area contributed by atoms with Crippen LogP contribution in [0.3, 0.4) is 0 Å². The third-order valence-electron chi connectivity index (χ3n) is 3.60. The van der Waals surface area contributed by atoms with Crippen molar-refractivity contribution >= 4 is 5.82 Å². The molecule has 0 amide bonds. The summed E-state index contributed by atoms with van der Waals surface area (Å²) < 4.78 is 0. The zero-order chi connectivity index (χ0) is 12.8. The van der Waals surface area contributed by atoms with Gasteiger partial charge >= 0.3 is 0 Å². The average molecular weight is 249 g/mol. The predicted molar refractivity (Wildman–Crippen MR) is 73.6 cm³/mol. The van der Waals surface area contributed by atoms with E-state index < -0.39 is 0 Å². The van der Waals surface area contributed by atoms with Crippen LogP contribution in [0.1, 0.15) is 19.8 Å². The maximum absolute atomic E-state index is 5.86. The Morgan fingerprint density at radius 2 is 2.06 bits per heavy atom. The van der Waals surface area contributed by atoms with Crippen LogP contribution in [-0.4, -0.2) is 53.6 Å². The van der Waals surface area contributed by atoms with E-state index in [0.29, 0.717) is 6.04 Å². The monoisotopic (exact) mass is 249 g/mol. The molecule has 1 aliphatic rings. The van der Waals surface area contributed by atoms with E-state index in [-0.39, 0.29) is 0 Å². The smallest absolute Gasteiger partial charge is 0.147 e. The van der Waals surface area contributed by atoms with Gasteiger partial charge in [0.2, 0.25) is 0 Å². The number of rotatable bonds is 5. The minimum absolute atomic E-state index is 0.541. The number of anilines is 1. The van der Waals surface area contributed by atoms with Gasteiger partial charge in [-0.1, -0.05) is 13.3 Å². The van der Waals surface area contributed by atoms with Gasteiger partial charge in [-0.2, -0.15) is 0 Å². The second-order valence-corrected chi connectivity index (χ2v) is 4.76. The summed E-state index contributed by atoms with van der Waals surface area (Å²) >= 11 is 0. The van der Waals surface area contributed by atoms with Crippen LogP contribution in [0.2, 0.25) is 0 Å². The lowest BCUT2D eigenvalue weighted by atomic mass is 10.1. The molecule has 1 saturated heterocycles. The summed E-state index contributed by atoms with van der Waals surface area (Å²) in [7, 11) is 0. The lowest BCUT2D eigenvalue weighted by molar-refractivity contribution is 0.179. The highest BCUT2D eigenvalue weighted by atomic mass is 15.3. The van der Waals surface area contributed by atoms with Crippen molar-refractivity contribution in [2.45, 2.75) is 25.8 Å². The highest BCUT2D eigenvalue weighted by Crippen LogP contribution is 2.14. The minimum atomic E-state index is 0.541. The summed E-state index contributed by atoms with van der Waals surface area (Å²) in [5.41, 5.74) is 5.86. The third-order valence-corrected chi connectivity index (χ3v) is 3.60. The van der Waals surface area contributed by atoms with Crippen molar-refractivity contribution in [3.05, 3.63) is 18.6 Å². The maximum atomic E-state index is 5.86. The van der Waals surface area contributed by atoms with Gasteiger partial charge in [-0.3, -0.25) is 9.88 Å². The first-order chi connectivity index (χ1) is 8.85. The van der Waals surface area contributed by atoms with E-state index in [1.54, 1.807) is 12.4 Å². The van der Waals surface area contributed by atoms with Gasteiger partial charge in [0.15, 0.2) is 0 Å². The van der Waals surface area contributed by atoms with Gasteiger partial charge in [0.1, 0.15) is 5.82 Å². The van der Waals surface area contributed by atoms with Crippen LogP contribution >= 0.6 is 0 Å². The highest BCUT2D eigenvalue weighted by molar-refractivity contribution is 5.35. The fourth-order valence-corrected chi connectivity index (χ4v) is 2.55. The molecule has 18 heavy (non-hydrogen) atoms. The zero-order valence-electron chi connectivity index (χ0n) is 11.1. The molecule has 2 heterocycles. The molecule has 5 nitrogen and oxygen atoms in total. The number of hydrogen-bond donors (Lipinski definition) is 1. The number of piperazine rings is 1. The first-order valence-corrected chi connectivity index (χ1v) is 6.80. The van der Waals surface area contributed by atoms with Gasteiger partial charge in [-0.25, -0.2) is 4.98 Å². The van der Waals surface area contributed by atoms with E-state index in [1.165, 1.54) is 12.8 Å². The highest BCUT2D eigenvalue weighted by Gasteiger charge is 2.22. The minimum Gasteiger partial charge on any atom is -0.353 e. The van der Waals surface area contributed by atoms with Crippen LogP contribution in [0.15, 0.2) is 18.6 Å². The van der Waals surface area contributed by atoms with Crippen LogP contribution in [-0.2, 0) is 0 Å². The summed E-state index contributed by atoms with van der Waals surface area (Å²) in [6.07, 6.45) is 7.70. The van der Waals surface area contributed by atoms with Crippen molar-refractivity contribution in [1.82, 2.24) is 14.9 Å². The molecule has 0 spiro atoms. The summed E-state index contributed by atoms with van der Waals surface area (Å²) in [5, 5.41) is 0. The van der Waals surface area contributed by atoms with Crippen LogP contribution in [0.4, 0.5) is 5.82 Å². The number of nitrogens with zero attached hydrogens (tertiary/aromatic N) is 4.